The number of para-hydroxylation sites is 2. The van der Waals surface area contributed by atoms with Crippen LogP contribution in [0, 0.1) is 0 Å². The number of aromatic amines is 1. The molecule has 1 aromatic carbocycles. The highest BCUT2D eigenvalue weighted by Gasteiger charge is 2.31. The Morgan fingerprint density at radius 3 is 2.95 bits per heavy atom. The Morgan fingerprint density at radius 1 is 1.23 bits per heavy atom. The summed E-state index contributed by atoms with van der Waals surface area (Å²) in [5.74, 6) is 1.19. The highest BCUT2D eigenvalue weighted by Crippen LogP contribution is 2.31. The molecule has 1 saturated heterocycles. The minimum Gasteiger partial charge on any atom is -0.459 e. The van der Waals surface area contributed by atoms with Crippen molar-refractivity contribution in [1.29, 1.82) is 0 Å². The lowest BCUT2D eigenvalue weighted by molar-refractivity contribution is 0.0569. The van der Waals surface area contributed by atoms with E-state index in [0.29, 0.717) is 5.76 Å². The number of fused-ring (bicyclic) bond motifs is 1. The summed E-state index contributed by atoms with van der Waals surface area (Å²) in [6.07, 6.45) is 4.58. The maximum Gasteiger partial charge on any atom is 0.290 e. The number of rotatable bonds is 2. The molecule has 1 amide bonds. The summed E-state index contributed by atoms with van der Waals surface area (Å²) in [4.78, 5) is 22.6. The molecule has 5 heteroatoms. The fourth-order valence-electron chi connectivity index (χ4n) is 3.13. The third kappa shape index (κ3) is 2.19. The smallest absolute Gasteiger partial charge is 0.290 e. The van der Waals surface area contributed by atoms with Crippen molar-refractivity contribution >= 4 is 16.9 Å². The van der Waals surface area contributed by atoms with Crippen LogP contribution in [0.15, 0.2) is 47.1 Å². The zero-order valence-electron chi connectivity index (χ0n) is 12.2. The van der Waals surface area contributed by atoms with E-state index >= 15 is 0 Å². The number of imidazole rings is 1. The summed E-state index contributed by atoms with van der Waals surface area (Å²) < 4.78 is 5.27. The second kappa shape index (κ2) is 5.33. The maximum absolute atomic E-state index is 12.7. The highest BCUT2D eigenvalue weighted by atomic mass is 16.3. The van der Waals surface area contributed by atoms with Crippen molar-refractivity contribution in [1.82, 2.24) is 14.9 Å². The number of nitrogens with zero attached hydrogens (tertiary/aromatic N) is 2. The number of amides is 1. The van der Waals surface area contributed by atoms with Gasteiger partial charge in [0.2, 0.25) is 0 Å². The minimum atomic E-state index is -0.0600. The summed E-state index contributed by atoms with van der Waals surface area (Å²) in [5.41, 5.74) is 1.95. The van der Waals surface area contributed by atoms with E-state index in [4.69, 9.17) is 4.42 Å². The second-order valence-corrected chi connectivity index (χ2v) is 5.63. The normalized spacial score (nSPS) is 18.7. The number of carbonyl (C=O) groups excluding carboxylic acids is 1. The van der Waals surface area contributed by atoms with E-state index in [1.807, 2.05) is 29.2 Å². The first-order valence-corrected chi connectivity index (χ1v) is 7.62. The second-order valence-electron chi connectivity index (χ2n) is 5.63. The van der Waals surface area contributed by atoms with Crippen molar-refractivity contribution in [2.75, 3.05) is 6.54 Å². The number of nitrogens with one attached hydrogen (secondary N) is 1. The van der Waals surface area contributed by atoms with Gasteiger partial charge in [-0.2, -0.15) is 0 Å². The molecule has 1 N–H and O–H groups in total. The first-order valence-electron chi connectivity index (χ1n) is 7.62. The Balaban J connectivity index is 1.69. The summed E-state index contributed by atoms with van der Waals surface area (Å²) in [5, 5.41) is 0. The number of likely N-dealkylation sites (tertiary alicyclic amines) is 1. The van der Waals surface area contributed by atoms with Crippen LogP contribution >= 0.6 is 0 Å². The number of furan rings is 1. The zero-order chi connectivity index (χ0) is 14.9. The molecule has 0 aliphatic carbocycles. The van der Waals surface area contributed by atoms with Gasteiger partial charge in [-0.3, -0.25) is 4.79 Å². The topological polar surface area (TPSA) is 62.1 Å². The standard InChI is InChI=1S/C17H17N3O2/c21-17(15-9-5-11-22-15)20-10-4-3-8-14(20)16-18-12-6-1-2-7-13(12)19-16/h1-2,5-7,9,11,14H,3-4,8,10H2,(H,18,19). The number of aromatic nitrogens is 2. The maximum atomic E-state index is 12.7. The summed E-state index contributed by atoms with van der Waals surface area (Å²) in [6.45, 7) is 0.737. The van der Waals surface area contributed by atoms with E-state index in [9.17, 15) is 4.79 Å². The monoisotopic (exact) mass is 295 g/mol. The number of H-pyrrole nitrogens is 1. The van der Waals surface area contributed by atoms with Crippen LogP contribution in [0.5, 0.6) is 0 Å². The number of hydrogen-bond acceptors (Lipinski definition) is 3. The van der Waals surface area contributed by atoms with Gasteiger partial charge >= 0.3 is 0 Å². The summed E-state index contributed by atoms with van der Waals surface area (Å²) in [7, 11) is 0. The van der Waals surface area contributed by atoms with Crippen LogP contribution in [-0.4, -0.2) is 27.3 Å². The molecule has 3 aromatic rings. The fourth-order valence-corrected chi connectivity index (χ4v) is 3.13. The largest absolute Gasteiger partial charge is 0.459 e. The third-order valence-corrected chi connectivity index (χ3v) is 4.22. The Hall–Kier alpha value is -2.56. The first-order chi connectivity index (χ1) is 10.8. The van der Waals surface area contributed by atoms with E-state index in [-0.39, 0.29) is 11.9 Å². The molecule has 0 spiro atoms. The van der Waals surface area contributed by atoms with Crippen LogP contribution in [0.3, 0.4) is 0 Å². The van der Waals surface area contributed by atoms with Gasteiger partial charge in [0, 0.05) is 6.54 Å². The van der Waals surface area contributed by atoms with Gasteiger partial charge in [0.25, 0.3) is 5.91 Å². The van der Waals surface area contributed by atoms with Crippen molar-refractivity contribution < 1.29 is 9.21 Å². The molecule has 1 aliphatic heterocycles. The highest BCUT2D eigenvalue weighted by molar-refractivity contribution is 5.91. The van der Waals surface area contributed by atoms with Crippen LogP contribution in [0.1, 0.15) is 41.7 Å². The average molecular weight is 295 g/mol. The molecular weight excluding hydrogens is 278 g/mol. The number of hydrogen-bond donors (Lipinski definition) is 1. The van der Waals surface area contributed by atoms with Crippen LogP contribution in [0.4, 0.5) is 0 Å². The molecule has 3 heterocycles. The van der Waals surface area contributed by atoms with E-state index in [1.54, 1.807) is 12.1 Å². The molecule has 1 atom stereocenters. The molecule has 1 fully saturated rings. The lowest BCUT2D eigenvalue weighted by Gasteiger charge is -2.33. The number of carbonyl (C=O) groups is 1. The van der Waals surface area contributed by atoms with Gasteiger partial charge in [-0.25, -0.2) is 4.98 Å². The molecule has 4 rings (SSSR count). The van der Waals surface area contributed by atoms with Gasteiger partial charge < -0.3 is 14.3 Å². The van der Waals surface area contributed by atoms with E-state index in [1.165, 1.54) is 6.26 Å². The molecule has 22 heavy (non-hydrogen) atoms. The molecule has 0 bridgehead atoms. The van der Waals surface area contributed by atoms with Crippen molar-refractivity contribution in [3.05, 3.63) is 54.2 Å². The van der Waals surface area contributed by atoms with E-state index in [2.05, 4.69) is 9.97 Å². The lowest BCUT2D eigenvalue weighted by atomic mass is 10.0. The van der Waals surface area contributed by atoms with Crippen molar-refractivity contribution in [3.8, 4) is 0 Å². The van der Waals surface area contributed by atoms with Gasteiger partial charge in [-0.15, -0.1) is 0 Å². The van der Waals surface area contributed by atoms with Gasteiger partial charge in [0.05, 0.1) is 23.3 Å². The van der Waals surface area contributed by atoms with Crippen molar-refractivity contribution in [2.45, 2.75) is 25.3 Å². The van der Waals surface area contributed by atoms with Crippen molar-refractivity contribution in [3.63, 3.8) is 0 Å². The van der Waals surface area contributed by atoms with Gasteiger partial charge in [0.1, 0.15) is 5.82 Å². The molecule has 5 nitrogen and oxygen atoms in total. The zero-order valence-corrected chi connectivity index (χ0v) is 12.2. The van der Waals surface area contributed by atoms with Crippen LogP contribution in [-0.2, 0) is 0 Å². The summed E-state index contributed by atoms with van der Waals surface area (Å²) >= 11 is 0. The molecule has 2 aromatic heterocycles. The summed E-state index contributed by atoms with van der Waals surface area (Å²) in [6, 6.07) is 11.4. The predicted molar refractivity (Wildman–Crippen MR) is 82.4 cm³/mol. The van der Waals surface area contributed by atoms with E-state index < -0.39 is 0 Å². The van der Waals surface area contributed by atoms with E-state index in [0.717, 1.165) is 42.7 Å². The molecule has 1 unspecified atom stereocenters. The Bertz CT molecular complexity index is 758. The fraction of sp³-hybridized carbons (Fsp3) is 0.294. The number of benzene rings is 1. The van der Waals surface area contributed by atoms with Gasteiger partial charge in [-0.1, -0.05) is 12.1 Å². The number of piperidine rings is 1. The first kappa shape index (κ1) is 13.1. The Kier molecular flexibility index (Phi) is 3.18. The molecule has 0 saturated carbocycles. The third-order valence-electron chi connectivity index (χ3n) is 4.22. The minimum absolute atomic E-state index is 0.0150. The Labute approximate surface area is 127 Å². The molecular formula is C17H17N3O2. The average Bonchev–Trinajstić information content (AvgIpc) is 3.23. The van der Waals surface area contributed by atoms with Crippen molar-refractivity contribution in [2.24, 2.45) is 0 Å². The van der Waals surface area contributed by atoms with Crippen LogP contribution in [0.2, 0.25) is 0 Å². The van der Waals surface area contributed by atoms with Crippen LogP contribution in [0.25, 0.3) is 11.0 Å². The SMILES string of the molecule is O=C(c1ccco1)N1CCCCC1c1nc2ccccc2[nH]1. The molecule has 0 radical (unpaired) electrons. The predicted octanol–water partition coefficient (Wildman–Crippen LogP) is 3.52. The lowest BCUT2D eigenvalue weighted by Crippen LogP contribution is -2.38. The quantitative estimate of drug-likeness (QED) is 0.786. The Morgan fingerprint density at radius 2 is 2.14 bits per heavy atom. The molecule has 112 valence electrons. The van der Waals surface area contributed by atoms with Crippen LogP contribution < -0.4 is 0 Å². The van der Waals surface area contributed by atoms with Gasteiger partial charge in [-0.05, 0) is 43.5 Å². The van der Waals surface area contributed by atoms with Gasteiger partial charge in [0.15, 0.2) is 5.76 Å². The molecule has 1 aliphatic rings.